The van der Waals surface area contributed by atoms with Crippen molar-refractivity contribution in [1.82, 2.24) is 10.3 Å². The van der Waals surface area contributed by atoms with E-state index in [2.05, 4.69) is 51.8 Å². The maximum Gasteiger partial charge on any atom is 0.307 e. The van der Waals surface area contributed by atoms with Crippen molar-refractivity contribution >= 4 is 23.9 Å². The van der Waals surface area contributed by atoms with Gasteiger partial charge in [-0.15, -0.1) is 0 Å². The van der Waals surface area contributed by atoms with Crippen molar-refractivity contribution < 1.29 is 28.3 Å². The van der Waals surface area contributed by atoms with E-state index in [1.54, 1.807) is 27.0 Å². The van der Waals surface area contributed by atoms with E-state index in [9.17, 15) is 19.2 Å². The number of nitrogens with one attached hydrogen (secondary N) is 1. The van der Waals surface area contributed by atoms with E-state index in [4.69, 9.17) is 9.15 Å². The quantitative estimate of drug-likeness (QED) is 0.239. The van der Waals surface area contributed by atoms with Crippen LogP contribution in [0.2, 0.25) is 0 Å². The molecule has 0 spiro atoms. The Kier molecular flexibility index (Phi) is 8.27. The lowest BCUT2D eigenvalue weighted by atomic mass is 9.37. The van der Waals surface area contributed by atoms with Gasteiger partial charge in [-0.05, 0) is 110 Å². The predicted octanol–water partition coefficient (Wildman–Crippen LogP) is 7.58. The van der Waals surface area contributed by atoms with Crippen LogP contribution in [0.3, 0.4) is 0 Å². The van der Waals surface area contributed by atoms with Crippen LogP contribution in [0.15, 0.2) is 21.8 Å². The van der Waals surface area contributed by atoms with Crippen molar-refractivity contribution in [3.63, 3.8) is 0 Å². The van der Waals surface area contributed by atoms with E-state index in [-0.39, 0.29) is 64.2 Å². The van der Waals surface area contributed by atoms with Gasteiger partial charge in [0.05, 0.1) is 18.2 Å². The molecule has 1 aromatic rings. The zero-order valence-corrected chi connectivity index (χ0v) is 30.1. The number of carbonyl (C=O) groups excluding carboxylic acids is 4. The highest BCUT2D eigenvalue weighted by molar-refractivity contribution is 6.03. The number of esters is 1. The van der Waals surface area contributed by atoms with Gasteiger partial charge in [-0.25, -0.2) is 4.98 Å². The molecule has 0 bridgehead atoms. The van der Waals surface area contributed by atoms with E-state index in [0.717, 1.165) is 63.2 Å². The Morgan fingerprint density at radius 2 is 1.74 bits per heavy atom. The minimum atomic E-state index is -0.723. The molecule has 258 valence electrons. The lowest BCUT2D eigenvalue weighted by molar-refractivity contribution is -0.213. The summed E-state index contributed by atoms with van der Waals surface area (Å²) in [4.78, 5) is 55.9. The second-order valence-electron chi connectivity index (χ2n) is 18.0. The van der Waals surface area contributed by atoms with Gasteiger partial charge < -0.3 is 19.3 Å². The summed E-state index contributed by atoms with van der Waals surface area (Å²) < 4.78 is 11.8. The number of amides is 1. The molecule has 5 aliphatic rings. The molecule has 5 aliphatic carbocycles. The molecule has 0 saturated heterocycles. The third-order valence-electron chi connectivity index (χ3n) is 13.9. The number of rotatable bonds is 7. The van der Waals surface area contributed by atoms with Gasteiger partial charge in [0.25, 0.3) is 5.89 Å². The average molecular weight is 649 g/mol. The van der Waals surface area contributed by atoms with Gasteiger partial charge in [0, 0.05) is 17.3 Å². The number of carbonyl (C=O) groups is 4. The first-order valence-corrected chi connectivity index (χ1v) is 18.1. The molecule has 47 heavy (non-hydrogen) atoms. The Morgan fingerprint density at radius 1 is 1.04 bits per heavy atom. The fraction of sp³-hybridized carbons (Fsp3) is 0.769. The number of aryl methyl sites for hydroxylation is 1. The second-order valence-corrected chi connectivity index (χ2v) is 18.0. The van der Waals surface area contributed by atoms with Crippen LogP contribution in [-0.4, -0.2) is 40.6 Å². The molecule has 1 heterocycles. The summed E-state index contributed by atoms with van der Waals surface area (Å²) in [6.45, 7) is 19.2. The molecule has 0 aliphatic heterocycles. The second kappa shape index (κ2) is 11.4. The van der Waals surface area contributed by atoms with Crippen LogP contribution in [0.4, 0.5) is 0 Å². The molecule has 4 fully saturated rings. The van der Waals surface area contributed by atoms with Gasteiger partial charge >= 0.3 is 11.9 Å². The summed E-state index contributed by atoms with van der Waals surface area (Å²) >= 11 is 0. The third kappa shape index (κ3) is 5.35. The van der Waals surface area contributed by atoms with E-state index >= 15 is 0 Å². The Balaban J connectivity index is 1.28. The molecule has 1 aromatic heterocycles. The molecule has 1 amide bonds. The lowest BCUT2D eigenvalue weighted by Crippen LogP contribution is -2.64. The van der Waals surface area contributed by atoms with E-state index < -0.39 is 11.0 Å². The number of nitrogens with zero attached hydrogens (tertiary/aromatic N) is 1. The number of allylic oxidation sites excluding steroid dienone is 1. The number of fused-ring (bicyclic) bond motifs is 7. The van der Waals surface area contributed by atoms with Crippen LogP contribution in [0.25, 0.3) is 0 Å². The number of aromatic nitrogens is 1. The minimum absolute atomic E-state index is 0.0575. The maximum absolute atomic E-state index is 13.8. The SMILES string of the molecule is Cc1cnc(C(=O)NC23CCC4C(CCC5C4(C)CCC4C(C)(C)C(OC(=O)CC(C)(C)C=O)CCC45C)C2=C(C(C)C)C(=O)C3)o1. The van der Waals surface area contributed by atoms with Gasteiger partial charge in [-0.2, -0.15) is 0 Å². The van der Waals surface area contributed by atoms with Gasteiger partial charge in [-0.1, -0.05) is 55.4 Å². The van der Waals surface area contributed by atoms with Gasteiger partial charge in [0.15, 0.2) is 5.78 Å². The van der Waals surface area contributed by atoms with Crippen LogP contribution in [0, 0.1) is 58.2 Å². The molecule has 8 atom stereocenters. The molecule has 0 radical (unpaired) electrons. The van der Waals surface area contributed by atoms with Crippen molar-refractivity contribution in [2.45, 2.75) is 138 Å². The molecule has 8 heteroatoms. The zero-order valence-electron chi connectivity index (χ0n) is 30.1. The van der Waals surface area contributed by atoms with Gasteiger partial charge in [0.2, 0.25) is 0 Å². The smallest absolute Gasteiger partial charge is 0.307 e. The fourth-order valence-corrected chi connectivity index (χ4v) is 12.0. The van der Waals surface area contributed by atoms with Crippen LogP contribution in [0.5, 0.6) is 0 Å². The first-order chi connectivity index (χ1) is 21.9. The lowest BCUT2D eigenvalue weighted by Gasteiger charge is -2.68. The molecular formula is C39H56N2O6. The molecule has 0 aromatic carbocycles. The van der Waals surface area contributed by atoms with E-state index in [1.165, 1.54) is 5.57 Å². The Bertz CT molecular complexity index is 1500. The zero-order chi connectivity index (χ0) is 34.3. The summed E-state index contributed by atoms with van der Waals surface area (Å²) in [7, 11) is 0. The highest BCUT2D eigenvalue weighted by atomic mass is 16.5. The first kappa shape index (κ1) is 34.1. The largest absolute Gasteiger partial charge is 0.462 e. The van der Waals surface area contributed by atoms with Crippen molar-refractivity contribution in [3.05, 3.63) is 29.0 Å². The van der Waals surface area contributed by atoms with Crippen LogP contribution in [-0.2, 0) is 19.1 Å². The number of aldehydes is 1. The Morgan fingerprint density at radius 3 is 2.38 bits per heavy atom. The number of hydrogen-bond acceptors (Lipinski definition) is 7. The standard InChI is InChI=1S/C39H56N2O6/c1-22(2)31-26(43)18-39(41-33(45)34-40-20-23(3)46-34)17-12-25-24(32(31)39)10-11-28-37(25,8)15-13-27-36(6,7)29(14-16-38(27,28)9)47-30(44)19-35(4,5)21-42/h20-22,24-25,27-29H,10-19H2,1-9H3,(H,41,45). The molecule has 8 unspecified atom stereocenters. The number of Topliss-reactive ketones (excluding diaryl/α,β-unsaturated/α-hetero) is 1. The summed E-state index contributed by atoms with van der Waals surface area (Å²) in [6, 6.07) is 0. The summed E-state index contributed by atoms with van der Waals surface area (Å²) in [5, 5.41) is 3.32. The van der Waals surface area contributed by atoms with Crippen molar-refractivity contribution in [2.75, 3.05) is 0 Å². The summed E-state index contributed by atoms with van der Waals surface area (Å²) in [5.74, 6) is 1.93. The Hall–Kier alpha value is -2.77. The number of ether oxygens (including phenoxy) is 1. The molecular weight excluding hydrogens is 592 g/mol. The molecule has 4 saturated carbocycles. The van der Waals surface area contributed by atoms with Gasteiger partial charge in [0.1, 0.15) is 18.2 Å². The van der Waals surface area contributed by atoms with Gasteiger partial charge in [-0.3, -0.25) is 14.4 Å². The summed E-state index contributed by atoms with van der Waals surface area (Å²) in [5.41, 5.74) is 0.778. The van der Waals surface area contributed by atoms with Crippen molar-refractivity contribution in [3.8, 4) is 0 Å². The predicted molar refractivity (Wildman–Crippen MR) is 178 cm³/mol. The average Bonchev–Trinajstić information content (AvgIpc) is 3.54. The normalized spacial score (nSPS) is 37.8. The van der Waals surface area contributed by atoms with Crippen LogP contribution in [0.1, 0.15) is 136 Å². The monoisotopic (exact) mass is 648 g/mol. The maximum atomic E-state index is 13.8. The van der Waals surface area contributed by atoms with E-state index in [1.807, 2.05) is 0 Å². The highest BCUT2D eigenvalue weighted by Crippen LogP contribution is 2.72. The van der Waals surface area contributed by atoms with E-state index in [0.29, 0.717) is 29.9 Å². The summed E-state index contributed by atoms with van der Waals surface area (Å²) in [6.07, 6.45) is 10.5. The van der Waals surface area contributed by atoms with Crippen LogP contribution < -0.4 is 5.32 Å². The third-order valence-corrected chi connectivity index (χ3v) is 13.9. The number of oxazole rings is 1. The topological polar surface area (TPSA) is 116 Å². The van der Waals surface area contributed by atoms with Crippen molar-refractivity contribution in [1.29, 1.82) is 0 Å². The number of hydrogen-bond donors (Lipinski definition) is 1. The highest BCUT2D eigenvalue weighted by Gasteiger charge is 2.67. The first-order valence-electron chi connectivity index (χ1n) is 18.1. The Labute approximate surface area is 280 Å². The van der Waals surface area contributed by atoms with Crippen molar-refractivity contribution in [2.24, 2.45) is 51.2 Å². The molecule has 8 nitrogen and oxygen atoms in total. The molecule has 6 rings (SSSR count). The fourth-order valence-electron chi connectivity index (χ4n) is 12.0. The van der Waals surface area contributed by atoms with Crippen LogP contribution >= 0.6 is 0 Å². The minimum Gasteiger partial charge on any atom is -0.462 e. The number of ketones is 1. The molecule has 1 N–H and O–H groups in total.